The van der Waals surface area contributed by atoms with Gasteiger partial charge in [0.15, 0.2) is 0 Å². The molecule has 0 saturated heterocycles. The van der Waals surface area contributed by atoms with Crippen molar-refractivity contribution in [3.63, 3.8) is 0 Å². The SMILES string of the molecule is O=C1c2c(-n3c4ccccc4c4ccccc43)ccc(-n3c4ccccc4c4ccccc43)c2C(=O)N1c1ccc(-c2ccc(N3C(=O)c4c(-n5c6ccccc6c6ccccc65)ccc(-n5c6ccccc6c6ccccc65)c4C3=O)cc2)cc1. The third-order valence-corrected chi connectivity index (χ3v) is 17.9. The van der Waals surface area contributed by atoms with E-state index in [1.807, 2.05) is 170 Å². The van der Waals surface area contributed by atoms with Gasteiger partial charge in [0.1, 0.15) is 0 Å². The van der Waals surface area contributed by atoms with Crippen molar-refractivity contribution in [1.29, 1.82) is 0 Å². The Morgan fingerprint density at radius 2 is 0.360 bits per heavy atom. The minimum Gasteiger partial charge on any atom is -0.308 e. The first-order valence-corrected chi connectivity index (χ1v) is 28.7. The van der Waals surface area contributed by atoms with Crippen molar-refractivity contribution >= 4 is 122 Å². The fraction of sp³-hybridized carbons (Fsp3) is 0. The zero-order valence-electron chi connectivity index (χ0n) is 45.7. The van der Waals surface area contributed by atoms with Crippen LogP contribution in [-0.4, -0.2) is 41.9 Å². The minimum atomic E-state index is -0.426. The maximum atomic E-state index is 15.5. The molecule has 16 aromatic rings. The predicted molar refractivity (Wildman–Crippen MR) is 344 cm³/mol. The van der Waals surface area contributed by atoms with Crippen LogP contribution in [0.15, 0.2) is 267 Å². The van der Waals surface area contributed by atoms with Crippen LogP contribution in [0.3, 0.4) is 0 Å². The summed E-state index contributed by atoms with van der Waals surface area (Å²) in [6.07, 6.45) is 0. The highest BCUT2D eigenvalue weighted by molar-refractivity contribution is 6.38. The maximum absolute atomic E-state index is 15.5. The van der Waals surface area contributed by atoms with Crippen LogP contribution in [0, 0.1) is 0 Å². The Labute approximate surface area is 490 Å². The summed E-state index contributed by atoms with van der Waals surface area (Å²) in [5.41, 5.74) is 13.5. The average Bonchev–Trinajstić information content (AvgIpc) is 1.60. The number of imide groups is 2. The molecule has 0 atom stereocenters. The molecule has 2 aliphatic rings. The molecule has 402 valence electrons. The number of hydrogen-bond donors (Lipinski definition) is 0. The minimum absolute atomic E-state index is 0.318. The zero-order chi connectivity index (χ0) is 57.1. The highest BCUT2D eigenvalue weighted by Crippen LogP contribution is 2.45. The van der Waals surface area contributed by atoms with Gasteiger partial charge in [0.25, 0.3) is 23.6 Å². The summed E-state index contributed by atoms with van der Waals surface area (Å²) in [6.45, 7) is 0. The molecule has 10 heteroatoms. The highest BCUT2D eigenvalue weighted by atomic mass is 16.2. The molecule has 10 nitrogen and oxygen atoms in total. The average molecular weight is 1110 g/mol. The lowest BCUT2D eigenvalue weighted by atomic mass is 10.0. The lowest BCUT2D eigenvalue weighted by Crippen LogP contribution is -2.29. The molecule has 0 N–H and O–H groups in total. The number of aromatic nitrogens is 4. The molecule has 0 aliphatic carbocycles. The van der Waals surface area contributed by atoms with Crippen LogP contribution in [0.5, 0.6) is 0 Å². The van der Waals surface area contributed by atoms with E-state index < -0.39 is 23.6 Å². The van der Waals surface area contributed by atoms with Crippen molar-refractivity contribution in [1.82, 2.24) is 18.3 Å². The van der Waals surface area contributed by atoms with E-state index in [4.69, 9.17) is 0 Å². The lowest BCUT2D eigenvalue weighted by molar-refractivity contribution is 0.0910. The van der Waals surface area contributed by atoms with Gasteiger partial charge in [-0.3, -0.25) is 19.2 Å². The third kappa shape index (κ3) is 6.43. The number of amides is 4. The monoisotopic (exact) mass is 1100 g/mol. The fourth-order valence-corrected chi connectivity index (χ4v) is 14.2. The zero-order valence-corrected chi connectivity index (χ0v) is 45.7. The van der Waals surface area contributed by atoms with Gasteiger partial charge in [0.05, 0.1) is 101 Å². The van der Waals surface area contributed by atoms with Gasteiger partial charge in [-0.2, -0.15) is 0 Å². The van der Waals surface area contributed by atoms with Crippen molar-refractivity contribution < 1.29 is 19.2 Å². The molecule has 0 unspecified atom stereocenters. The second-order valence-electron chi connectivity index (χ2n) is 22.2. The molecule has 86 heavy (non-hydrogen) atoms. The Hall–Kier alpha value is -11.9. The number of anilines is 2. The molecule has 6 heterocycles. The number of fused-ring (bicyclic) bond motifs is 14. The first kappa shape index (κ1) is 47.7. The Bertz CT molecular complexity index is 4830. The molecular formula is C76H44N6O4. The largest absolute Gasteiger partial charge is 0.308 e. The quantitative estimate of drug-likeness (QED) is 0.149. The molecule has 18 rings (SSSR count). The fourth-order valence-electron chi connectivity index (χ4n) is 14.2. The maximum Gasteiger partial charge on any atom is 0.268 e. The number of hydrogen-bond acceptors (Lipinski definition) is 4. The number of para-hydroxylation sites is 8. The van der Waals surface area contributed by atoms with Gasteiger partial charge in [0, 0.05) is 43.1 Å². The van der Waals surface area contributed by atoms with Crippen LogP contribution in [0.4, 0.5) is 11.4 Å². The lowest BCUT2D eigenvalue weighted by Gasteiger charge is -2.16. The summed E-state index contributed by atoms with van der Waals surface area (Å²) in [7, 11) is 0. The van der Waals surface area contributed by atoms with Crippen LogP contribution in [0.1, 0.15) is 41.4 Å². The van der Waals surface area contributed by atoms with Gasteiger partial charge in [0.2, 0.25) is 0 Å². The summed E-state index contributed by atoms with van der Waals surface area (Å²) in [5.74, 6) is -1.70. The van der Waals surface area contributed by atoms with E-state index in [0.29, 0.717) is 56.4 Å². The predicted octanol–water partition coefficient (Wildman–Crippen LogP) is 17.3. The van der Waals surface area contributed by atoms with Crippen LogP contribution >= 0.6 is 0 Å². The van der Waals surface area contributed by atoms with Gasteiger partial charge in [-0.25, -0.2) is 9.80 Å². The van der Waals surface area contributed by atoms with Crippen molar-refractivity contribution in [3.8, 4) is 33.9 Å². The Morgan fingerprint density at radius 1 is 0.186 bits per heavy atom. The van der Waals surface area contributed by atoms with Crippen molar-refractivity contribution in [3.05, 3.63) is 289 Å². The van der Waals surface area contributed by atoms with E-state index >= 15 is 19.2 Å². The first-order valence-electron chi connectivity index (χ1n) is 28.7. The molecule has 0 spiro atoms. The summed E-state index contributed by atoms with van der Waals surface area (Å²) in [5, 5.41) is 8.32. The van der Waals surface area contributed by atoms with Gasteiger partial charge in [-0.1, -0.05) is 170 Å². The number of carbonyl (C=O) groups excluding carboxylic acids is 4. The van der Waals surface area contributed by atoms with E-state index in [-0.39, 0.29) is 0 Å². The van der Waals surface area contributed by atoms with Gasteiger partial charge < -0.3 is 18.3 Å². The van der Waals surface area contributed by atoms with Gasteiger partial charge in [-0.15, -0.1) is 0 Å². The number of nitrogens with zero attached hydrogens (tertiary/aromatic N) is 6. The summed E-state index contributed by atoms with van der Waals surface area (Å²) >= 11 is 0. The molecule has 0 bridgehead atoms. The molecule has 12 aromatic carbocycles. The Balaban J connectivity index is 0.737. The summed E-state index contributed by atoms with van der Waals surface area (Å²) in [4.78, 5) is 64.7. The van der Waals surface area contributed by atoms with Gasteiger partial charge >= 0.3 is 0 Å². The second-order valence-corrected chi connectivity index (χ2v) is 22.2. The molecule has 0 saturated carbocycles. The molecule has 0 radical (unpaired) electrons. The van der Waals surface area contributed by atoms with E-state index in [9.17, 15) is 0 Å². The van der Waals surface area contributed by atoms with Crippen LogP contribution in [-0.2, 0) is 0 Å². The highest BCUT2D eigenvalue weighted by Gasteiger charge is 2.44. The standard InChI is InChI=1S/C76H44N6O4/c83-73-69-65(79-57-25-9-1-17-49(57)50-18-2-10-26-58(50)79)41-42-66(80-59-27-11-3-19-51(59)52-20-4-12-28-60(52)80)70(69)74(84)77(73)47-37-33-45(34-38-47)46-35-39-48(40-36-46)78-75(85)71-67(81-61-29-13-5-21-53(61)54-22-6-14-30-62(54)81)43-44-68(72(71)76(78)86)82-63-31-15-7-23-55(63)56-24-8-16-32-64(56)82/h1-44H. The smallest absolute Gasteiger partial charge is 0.268 e. The van der Waals surface area contributed by atoms with Crippen LogP contribution in [0.25, 0.3) is 121 Å². The number of rotatable bonds is 7. The molecule has 0 fully saturated rings. The van der Waals surface area contributed by atoms with Crippen LogP contribution in [0.2, 0.25) is 0 Å². The number of benzene rings is 12. The van der Waals surface area contributed by atoms with Crippen molar-refractivity contribution in [2.45, 2.75) is 0 Å². The second kappa shape index (κ2) is 17.8. The molecule has 4 aromatic heterocycles. The number of carbonyl (C=O) groups is 4. The van der Waals surface area contributed by atoms with Gasteiger partial charge in [-0.05, 0) is 108 Å². The Kier molecular flexibility index (Phi) is 9.89. The van der Waals surface area contributed by atoms with E-state index in [1.165, 1.54) is 9.80 Å². The van der Waals surface area contributed by atoms with Crippen molar-refractivity contribution in [2.24, 2.45) is 0 Å². The Morgan fingerprint density at radius 3 is 0.547 bits per heavy atom. The van der Waals surface area contributed by atoms with E-state index in [2.05, 4.69) is 115 Å². The molecule has 4 amide bonds. The molecular weight excluding hydrogens is 1060 g/mol. The van der Waals surface area contributed by atoms with Crippen LogP contribution < -0.4 is 9.80 Å². The van der Waals surface area contributed by atoms with E-state index in [1.54, 1.807) is 0 Å². The normalized spacial score (nSPS) is 13.4. The summed E-state index contributed by atoms with van der Waals surface area (Å²) in [6, 6.07) is 88.0. The topological polar surface area (TPSA) is 94.5 Å². The van der Waals surface area contributed by atoms with Crippen molar-refractivity contribution in [2.75, 3.05) is 9.80 Å². The van der Waals surface area contributed by atoms with E-state index in [0.717, 1.165) is 98.4 Å². The third-order valence-electron chi connectivity index (χ3n) is 17.9. The first-order chi connectivity index (χ1) is 42.4. The molecule has 2 aliphatic heterocycles. The summed E-state index contributed by atoms with van der Waals surface area (Å²) < 4.78 is 8.44.